The first kappa shape index (κ1) is 20.1. The smallest absolute Gasteiger partial charge is 0.303 e. The molecular formula is C23H25NO3S. The van der Waals surface area contributed by atoms with E-state index in [0.29, 0.717) is 13.0 Å². The highest BCUT2D eigenvalue weighted by Crippen LogP contribution is 2.33. The van der Waals surface area contributed by atoms with Crippen molar-refractivity contribution in [2.24, 2.45) is 0 Å². The first-order valence-corrected chi connectivity index (χ1v) is 10.4. The van der Waals surface area contributed by atoms with E-state index in [9.17, 15) is 9.59 Å². The van der Waals surface area contributed by atoms with Crippen molar-refractivity contribution in [3.8, 4) is 0 Å². The maximum absolute atomic E-state index is 12.8. The van der Waals surface area contributed by atoms with Gasteiger partial charge in [0, 0.05) is 17.7 Å². The van der Waals surface area contributed by atoms with Crippen LogP contribution in [0, 0.1) is 6.92 Å². The van der Waals surface area contributed by atoms with Crippen LogP contribution < -0.4 is 5.32 Å². The quantitative estimate of drug-likeness (QED) is 0.491. The summed E-state index contributed by atoms with van der Waals surface area (Å²) in [6.45, 7) is 2.63. The molecule has 0 saturated heterocycles. The highest BCUT2D eigenvalue weighted by molar-refractivity contribution is 7.21. The van der Waals surface area contributed by atoms with Crippen molar-refractivity contribution in [3.05, 3.63) is 70.1 Å². The van der Waals surface area contributed by atoms with Crippen LogP contribution in [0.1, 0.15) is 52.0 Å². The molecule has 1 aromatic heterocycles. The number of carboxylic acid groups (broad SMARTS) is 1. The Labute approximate surface area is 169 Å². The summed E-state index contributed by atoms with van der Waals surface area (Å²) in [5, 5.41) is 12.8. The molecule has 5 heteroatoms. The molecule has 3 rings (SSSR count). The van der Waals surface area contributed by atoms with Gasteiger partial charge in [0.05, 0.1) is 4.88 Å². The van der Waals surface area contributed by atoms with Gasteiger partial charge in [0.15, 0.2) is 0 Å². The van der Waals surface area contributed by atoms with E-state index in [1.54, 1.807) is 0 Å². The Morgan fingerprint density at radius 1 is 1.00 bits per heavy atom. The lowest BCUT2D eigenvalue weighted by Gasteiger charge is -2.07. The molecule has 4 nitrogen and oxygen atoms in total. The van der Waals surface area contributed by atoms with Crippen LogP contribution in [-0.4, -0.2) is 23.5 Å². The Morgan fingerprint density at radius 2 is 1.75 bits per heavy atom. The topological polar surface area (TPSA) is 66.4 Å². The van der Waals surface area contributed by atoms with E-state index in [4.69, 9.17) is 5.11 Å². The third-order valence-electron chi connectivity index (χ3n) is 4.76. The summed E-state index contributed by atoms with van der Waals surface area (Å²) in [5.74, 6) is -0.809. The molecule has 0 bridgehead atoms. The number of carbonyl (C=O) groups excluding carboxylic acids is 1. The van der Waals surface area contributed by atoms with Gasteiger partial charge in [-0.25, -0.2) is 0 Å². The van der Waals surface area contributed by atoms with E-state index >= 15 is 0 Å². The number of carbonyl (C=O) groups is 2. The Hall–Kier alpha value is -2.66. The maximum atomic E-state index is 12.8. The summed E-state index contributed by atoms with van der Waals surface area (Å²) < 4.78 is 1.12. The molecule has 2 N–H and O–H groups in total. The molecule has 2 aromatic carbocycles. The number of hydrogen-bond donors (Lipinski definition) is 2. The molecule has 3 aromatic rings. The molecule has 0 spiro atoms. The second kappa shape index (κ2) is 9.51. The van der Waals surface area contributed by atoms with E-state index in [1.165, 1.54) is 22.5 Å². The van der Waals surface area contributed by atoms with E-state index in [-0.39, 0.29) is 12.3 Å². The van der Waals surface area contributed by atoms with Crippen molar-refractivity contribution in [1.82, 2.24) is 5.32 Å². The van der Waals surface area contributed by atoms with Gasteiger partial charge in [0.25, 0.3) is 5.91 Å². The minimum Gasteiger partial charge on any atom is -0.481 e. The second-order valence-electron chi connectivity index (χ2n) is 7.03. The summed E-state index contributed by atoms with van der Waals surface area (Å²) in [5.41, 5.74) is 3.49. The summed E-state index contributed by atoms with van der Waals surface area (Å²) >= 11 is 1.54. The lowest BCUT2D eigenvalue weighted by atomic mass is 10.0. The average Bonchev–Trinajstić information content (AvgIpc) is 3.04. The monoisotopic (exact) mass is 395 g/mol. The minimum absolute atomic E-state index is 0.0402. The van der Waals surface area contributed by atoms with E-state index in [0.717, 1.165) is 39.8 Å². The van der Waals surface area contributed by atoms with Gasteiger partial charge in [-0.05, 0) is 48.8 Å². The normalized spacial score (nSPS) is 10.9. The van der Waals surface area contributed by atoms with Gasteiger partial charge in [-0.2, -0.15) is 0 Å². The lowest BCUT2D eigenvalue weighted by Crippen LogP contribution is -2.24. The zero-order valence-corrected chi connectivity index (χ0v) is 16.8. The highest BCUT2D eigenvalue weighted by atomic mass is 32.1. The van der Waals surface area contributed by atoms with Crippen LogP contribution in [0.4, 0.5) is 0 Å². The van der Waals surface area contributed by atoms with Crippen molar-refractivity contribution in [2.75, 3.05) is 6.54 Å². The summed E-state index contributed by atoms with van der Waals surface area (Å²) in [6.07, 6.45) is 3.15. The molecule has 146 valence electrons. The molecule has 0 atom stereocenters. The van der Waals surface area contributed by atoms with Gasteiger partial charge in [0.2, 0.25) is 0 Å². The third-order valence-corrected chi connectivity index (χ3v) is 5.97. The Bertz CT molecular complexity index is 960. The van der Waals surface area contributed by atoms with Gasteiger partial charge in [-0.1, -0.05) is 54.4 Å². The lowest BCUT2D eigenvalue weighted by molar-refractivity contribution is -0.137. The first-order valence-electron chi connectivity index (χ1n) is 9.60. The summed E-state index contributed by atoms with van der Waals surface area (Å²) in [7, 11) is 0. The van der Waals surface area contributed by atoms with Crippen LogP contribution >= 0.6 is 11.3 Å². The van der Waals surface area contributed by atoms with Crippen molar-refractivity contribution >= 4 is 33.3 Å². The van der Waals surface area contributed by atoms with Crippen LogP contribution in [-0.2, 0) is 11.2 Å². The van der Waals surface area contributed by atoms with Crippen molar-refractivity contribution in [2.45, 2.75) is 39.0 Å². The fourth-order valence-corrected chi connectivity index (χ4v) is 4.37. The van der Waals surface area contributed by atoms with Gasteiger partial charge in [0.1, 0.15) is 0 Å². The highest BCUT2D eigenvalue weighted by Gasteiger charge is 2.18. The predicted molar refractivity (Wildman–Crippen MR) is 114 cm³/mol. The molecule has 0 radical (unpaired) electrons. The molecule has 0 aliphatic heterocycles. The third kappa shape index (κ3) is 5.20. The standard InChI is InChI=1S/C23H25NO3S/c1-16-10-12-17(13-11-16)15-19-18-7-4-5-8-20(18)28-22(19)23(27)24-14-6-2-3-9-21(25)26/h4-5,7-8,10-13H,2-3,6,9,14-15H2,1H3,(H,24,27)(H,25,26). The molecule has 0 unspecified atom stereocenters. The van der Waals surface area contributed by atoms with E-state index < -0.39 is 5.97 Å². The van der Waals surface area contributed by atoms with Gasteiger partial charge in [-0.15, -0.1) is 11.3 Å². The molecule has 0 fully saturated rings. The Balaban J connectivity index is 1.71. The Morgan fingerprint density at radius 3 is 2.50 bits per heavy atom. The van der Waals surface area contributed by atoms with Crippen LogP contribution in [0.25, 0.3) is 10.1 Å². The molecule has 1 amide bonds. The number of thiophene rings is 1. The summed E-state index contributed by atoms with van der Waals surface area (Å²) in [4.78, 5) is 24.1. The number of benzene rings is 2. The minimum atomic E-state index is -0.768. The van der Waals surface area contributed by atoms with E-state index in [2.05, 4.69) is 48.6 Å². The predicted octanol–water partition coefficient (Wildman–Crippen LogP) is 5.18. The number of amides is 1. The fourth-order valence-electron chi connectivity index (χ4n) is 3.23. The first-order chi connectivity index (χ1) is 13.5. The number of carboxylic acids is 1. The largest absolute Gasteiger partial charge is 0.481 e. The molecule has 1 heterocycles. The number of unbranched alkanes of at least 4 members (excludes halogenated alkanes) is 2. The Kier molecular flexibility index (Phi) is 6.82. The van der Waals surface area contributed by atoms with Crippen LogP contribution in [0.2, 0.25) is 0 Å². The number of hydrogen-bond acceptors (Lipinski definition) is 3. The van der Waals surface area contributed by atoms with Crippen molar-refractivity contribution in [3.63, 3.8) is 0 Å². The SMILES string of the molecule is Cc1ccc(Cc2c(C(=O)NCCCCCC(=O)O)sc3ccccc23)cc1. The maximum Gasteiger partial charge on any atom is 0.303 e. The second-order valence-corrected chi connectivity index (χ2v) is 8.08. The van der Waals surface area contributed by atoms with Gasteiger partial charge < -0.3 is 10.4 Å². The van der Waals surface area contributed by atoms with Crippen LogP contribution in [0.3, 0.4) is 0 Å². The molecular weight excluding hydrogens is 370 g/mol. The number of fused-ring (bicyclic) bond motifs is 1. The number of rotatable bonds is 9. The van der Waals surface area contributed by atoms with Gasteiger partial charge in [-0.3, -0.25) is 9.59 Å². The molecule has 0 aliphatic rings. The number of nitrogens with one attached hydrogen (secondary N) is 1. The molecule has 28 heavy (non-hydrogen) atoms. The van der Waals surface area contributed by atoms with Gasteiger partial charge >= 0.3 is 5.97 Å². The number of aliphatic carboxylic acids is 1. The van der Waals surface area contributed by atoms with Crippen molar-refractivity contribution in [1.29, 1.82) is 0 Å². The van der Waals surface area contributed by atoms with E-state index in [1.807, 2.05) is 12.1 Å². The fraction of sp³-hybridized carbons (Fsp3) is 0.304. The van der Waals surface area contributed by atoms with Crippen molar-refractivity contribution < 1.29 is 14.7 Å². The zero-order valence-electron chi connectivity index (χ0n) is 16.0. The zero-order chi connectivity index (χ0) is 19.9. The van der Waals surface area contributed by atoms with Crippen LogP contribution in [0.15, 0.2) is 48.5 Å². The van der Waals surface area contributed by atoms with Crippen LogP contribution in [0.5, 0.6) is 0 Å². The summed E-state index contributed by atoms with van der Waals surface area (Å²) in [6, 6.07) is 16.6. The average molecular weight is 396 g/mol. The molecule has 0 aliphatic carbocycles. The molecule has 0 saturated carbocycles. The number of aryl methyl sites for hydroxylation is 1.